The number of alkyl halides is 3. The van der Waals surface area contributed by atoms with Gasteiger partial charge in [0.15, 0.2) is 0 Å². The van der Waals surface area contributed by atoms with Crippen LogP contribution in [-0.2, 0) is 19.6 Å². The SMILES string of the molecule is Cc1ccc(C(C=C(N)C(F)(F)F)=Nc2ccc(S(=O)(=O)NC(=O)OCCSSCCO[N+](=O)[O-])cc2)cc1. The molecule has 0 saturated heterocycles. The molecular weight excluding hydrogens is 585 g/mol. The second-order valence-corrected chi connectivity index (χ2v) is 11.8. The Kier molecular flexibility index (Phi) is 11.9. The topological polar surface area (TPSA) is 163 Å². The molecule has 0 bridgehead atoms. The largest absolute Gasteiger partial charge is 0.448 e. The summed E-state index contributed by atoms with van der Waals surface area (Å²) in [7, 11) is -1.82. The number of carbonyl (C=O) groups excluding carboxylic acids is 1. The second-order valence-electron chi connectivity index (χ2n) is 7.40. The van der Waals surface area contributed by atoms with Crippen LogP contribution in [0.1, 0.15) is 11.1 Å². The van der Waals surface area contributed by atoms with Crippen LogP contribution in [0.3, 0.4) is 0 Å². The molecule has 39 heavy (non-hydrogen) atoms. The molecule has 2 aromatic carbocycles. The van der Waals surface area contributed by atoms with Crippen LogP contribution in [0.25, 0.3) is 0 Å². The lowest BCUT2D eigenvalue weighted by Crippen LogP contribution is -2.31. The molecule has 0 unspecified atom stereocenters. The third-order valence-corrected chi connectivity index (χ3v) is 8.09. The van der Waals surface area contributed by atoms with Crippen molar-refractivity contribution in [2.75, 3.05) is 24.7 Å². The van der Waals surface area contributed by atoms with Gasteiger partial charge in [0.25, 0.3) is 15.1 Å². The van der Waals surface area contributed by atoms with Crippen molar-refractivity contribution < 1.29 is 41.0 Å². The van der Waals surface area contributed by atoms with Crippen LogP contribution in [0.2, 0.25) is 0 Å². The molecule has 0 aliphatic heterocycles. The van der Waals surface area contributed by atoms with E-state index in [-0.39, 0.29) is 29.5 Å². The monoisotopic (exact) mass is 608 g/mol. The number of carbonyl (C=O) groups is 1. The number of aliphatic imine (C=N–C) groups is 1. The highest BCUT2D eigenvalue weighted by molar-refractivity contribution is 8.76. The Hall–Kier alpha value is -3.44. The van der Waals surface area contributed by atoms with E-state index in [0.29, 0.717) is 23.1 Å². The van der Waals surface area contributed by atoms with Crippen LogP contribution in [0.15, 0.2) is 70.2 Å². The molecule has 0 radical (unpaired) electrons. The van der Waals surface area contributed by atoms with Crippen LogP contribution < -0.4 is 10.5 Å². The highest BCUT2D eigenvalue weighted by Crippen LogP contribution is 2.24. The van der Waals surface area contributed by atoms with Gasteiger partial charge in [-0.3, -0.25) is 0 Å². The van der Waals surface area contributed by atoms with Crippen molar-refractivity contribution in [1.29, 1.82) is 0 Å². The fraction of sp³-hybridized carbons (Fsp3) is 0.273. The number of nitrogens with one attached hydrogen (secondary N) is 1. The Morgan fingerprint density at radius 1 is 1.10 bits per heavy atom. The van der Waals surface area contributed by atoms with E-state index >= 15 is 0 Å². The third kappa shape index (κ3) is 11.5. The van der Waals surface area contributed by atoms with Gasteiger partial charge in [-0.1, -0.05) is 51.4 Å². The zero-order chi connectivity index (χ0) is 29.1. The van der Waals surface area contributed by atoms with E-state index in [0.717, 1.165) is 17.7 Å². The Morgan fingerprint density at radius 2 is 1.69 bits per heavy atom. The fourth-order valence-corrected chi connectivity index (χ4v) is 5.14. The van der Waals surface area contributed by atoms with Gasteiger partial charge in [-0.25, -0.2) is 22.9 Å². The average Bonchev–Trinajstić information content (AvgIpc) is 2.85. The number of ether oxygens (including phenoxy) is 1. The number of sulfonamides is 1. The molecule has 0 aliphatic rings. The molecule has 2 aromatic rings. The number of hydrogen-bond acceptors (Lipinski definition) is 11. The predicted molar refractivity (Wildman–Crippen MR) is 142 cm³/mol. The molecule has 0 saturated carbocycles. The number of aryl methyl sites for hydroxylation is 1. The third-order valence-electron chi connectivity index (χ3n) is 4.43. The first-order valence-electron chi connectivity index (χ1n) is 10.8. The standard InChI is InChI=1S/C22H23F3N4O7S3/c1-15-2-4-16(5-3-15)19(14-20(26)22(23,24)25)27-17-6-8-18(9-7-17)39(33,34)28-21(30)35-10-12-37-38-13-11-36-29(31)32/h2-9,14H,10-13,26H2,1H3,(H,28,30). The van der Waals surface area contributed by atoms with Crippen molar-refractivity contribution in [2.45, 2.75) is 18.0 Å². The number of rotatable bonds is 13. The van der Waals surface area contributed by atoms with Gasteiger partial charge in [-0.2, -0.15) is 13.2 Å². The van der Waals surface area contributed by atoms with Crippen molar-refractivity contribution >= 4 is 49.1 Å². The van der Waals surface area contributed by atoms with E-state index in [4.69, 9.17) is 10.5 Å². The molecule has 11 nitrogen and oxygen atoms in total. The van der Waals surface area contributed by atoms with Crippen LogP contribution in [0, 0.1) is 17.0 Å². The zero-order valence-electron chi connectivity index (χ0n) is 20.2. The summed E-state index contributed by atoms with van der Waals surface area (Å²) in [6, 6.07) is 11.3. The smallest absolute Gasteiger partial charge is 0.430 e. The molecule has 212 valence electrons. The fourth-order valence-electron chi connectivity index (χ4n) is 2.60. The molecule has 17 heteroatoms. The van der Waals surface area contributed by atoms with Gasteiger partial charge >= 0.3 is 12.3 Å². The minimum Gasteiger partial charge on any atom is -0.448 e. The minimum absolute atomic E-state index is 0.0940. The van der Waals surface area contributed by atoms with Crippen LogP contribution in [0.5, 0.6) is 0 Å². The van der Waals surface area contributed by atoms with Crippen molar-refractivity contribution in [3.63, 3.8) is 0 Å². The molecule has 0 spiro atoms. The highest BCUT2D eigenvalue weighted by atomic mass is 33.1. The Morgan fingerprint density at radius 3 is 2.26 bits per heavy atom. The number of benzene rings is 2. The lowest BCUT2D eigenvalue weighted by Gasteiger charge is -2.10. The van der Waals surface area contributed by atoms with Gasteiger partial charge < -0.3 is 15.3 Å². The summed E-state index contributed by atoms with van der Waals surface area (Å²) in [5.41, 5.74) is 5.10. The van der Waals surface area contributed by atoms with Gasteiger partial charge in [-0.05, 0) is 37.3 Å². The van der Waals surface area contributed by atoms with Crippen LogP contribution >= 0.6 is 21.6 Å². The second kappa shape index (κ2) is 14.6. The minimum atomic E-state index is -4.77. The maximum atomic E-state index is 13.0. The van der Waals surface area contributed by atoms with E-state index in [1.54, 1.807) is 29.0 Å². The first-order valence-corrected chi connectivity index (χ1v) is 14.8. The van der Waals surface area contributed by atoms with Crippen LogP contribution in [0.4, 0.5) is 23.7 Å². The van der Waals surface area contributed by atoms with Crippen molar-refractivity contribution in [2.24, 2.45) is 10.7 Å². The van der Waals surface area contributed by atoms with E-state index in [2.05, 4.69) is 9.83 Å². The van der Waals surface area contributed by atoms with Crippen molar-refractivity contribution in [1.82, 2.24) is 4.72 Å². The Balaban J connectivity index is 2.03. The van der Waals surface area contributed by atoms with E-state index in [9.17, 15) is 36.5 Å². The van der Waals surface area contributed by atoms with Crippen LogP contribution in [-0.4, -0.2) is 56.2 Å². The number of hydrogen-bond donors (Lipinski definition) is 2. The first-order chi connectivity index (χ1) is 18.3. The van der Waals surface area contributed by atoms with Gasteiger partial charge in [0, 0.05) is 17.1 Å². The average molecular weight is 609 g/mol. The molecule has 0 aliphatic carbocycles. The molecule has 3 N–H and O–H groups in total. The summed E-state index contributed by atoms with van der Waals surface area (Å²) < 4.78 is 70.5. The molecule has 0 fully saturated rings. The summed E-state index contributed by atoms with van der Waals surface area (Å²) in [4.78, 5) is 29.9. The number of nitrogens with zero attached hydrogens (tertiary/aromatic N) is 2. The van der Waals surface area contributed by atoms with Gasteiger partial charge in [0.05, 0.1) is 16.3 Å². The Bertz CT molecular complexity index is 1300. The highest BCUT2D eigenvalue weighted by Gasteiger charge is 2.31. The summed E-state index contributed by atoms with van der Waals surface area (Å²) >= 11 is 0. The Labute approximate surface area is 229 Å². The first kappa shape index (κ1) is 31.8. The van der Waals surface area contributed by atoms with E-state index in [1.807, 2.05) is 6.92 Å². The molecule has 0 aromatic heterocycles. The van der Waals surface area contributed by atoms with E-state index < -0.39 is 33.1 Å². The molecule has 0 atom stereocenters. The van der Waals surface area contributed by atoms with Gasteiger partial charge in [0.2, 0.25) is 0 Å². The predicted octanol–water partition coefficient (Wildman–Crippen LogP) is 4.53. The summed E-state index contributed by atoms with van der Waals surface area (Å²) in [6.07, 6.45) is -5.30. The maximum Gasteiger partial charge on any atom is 0.430 e. The number of nitrogens with two attached hydrogens (primary N) is 1. The maximum absolute atomic E-state index is 13.0. The van der Waals surface area contributed by atoms with Gasteiger partial charge in [0.1, 0.15) is 18.9 Å². The van der Waals surface area contributed by atoms with E-state index in [1.165, 1.54) is 33.7 Å². The molecule has 0 heterocycles. The molecule has 1 amide bonds. The molecular formula is C22H23F3N4O7S3. The summed E-state index contributed by atoms with van der Waals surface area (Å²) in [6.45, 7) is 1.58. The van der Waals surface area contributed by atoms with Crippen molar-refractivity contribution in [3.05, 3.63) is 81.5 Å². The lowest BCUT2D eigenvalue weighted by molar-refractivity contribution is -0.756. The quantitative estimate of drug-likeness (QED) is 0.109. The zero-order valence-corrected chi connectivity index (χ0v) is 22.7. The summed E-state index contributed by atoms with van der Waals surface area (Å²) in [5.74, 6) is 0.616. The summed E-state index contributed by atoms with van der Waals surface area (Å²) in [5, 5.41) is 9.11. The number of halogens is 3. The number of allylic oxidation sites excluding steroid dienone is 2. The number of amides is 1. The lowest BCUT2D eigenvalue weighted by atomic mass is 10.1. The van der Waals surface area contributed by atoms with Gasteiger partial charge in [-0.15, -0.1) is 10.1 Å². The normalized spacial score (nSPS) is 12.6. The van der Waals surface area contributed by atoms with Crippen molar-refractivity contribution in [3.8, 4) is 0 Å². The molecule has 2 rings (SSSR count).